The van der Waals surface area contributed by atoms with Gasteiger partial charge < -0.3 is 9.57 Å². The van der Waals surface area contributed by atoms with Crippen molar-refractivity contribution in [2.45, 2.75) is 20.0 Å². The van der Waals surface area contributed by atoms with Crippen LogP contribution >= 0.6 is 0 Å². The molecule has 5 heteroatoms. The molecule has 2 heterocycles. The molecule has 0 unspecified atom stereocenters. The number of rotatable bonds is 1. The van der Waals surface area contributed by atoms with Gasteiger partial charge in [0.1, 0.15) is 5.71 Å². The van der Waals surface area contributed by atoms with Gasteiger partial charge in [0.2, 0.25) is 0 Å². The third-order valence-corrected chi connectivity index (χ3v) is 1.93. The number of ether oxygens (including phenoxy) is 1. The second kappa shape index (κ2) is 3.35. The molecular weight excluding hydrogens is 168 g/mol. The van der Waals surface area contributed by atoms with E-state index in [4.69, 9.17) is 9.57 Å². The number of hydrogen-bond acceptors (Lipinski definition) is 3. The van der Waals surface area contributed by atoms with Gasteiger partial charge in [-0.2, -0.15) is 0 Å². The smallest absolute Gasteiger partial charge is 0.280 e. The number of nitrogens with zero attached hydrogens (tertiary/aromatic N) is 1. The molecule has 2 aliphatic heterocycles. The van der Waals surface area contributed by atoms with E-state index in [2.05, 4.69) is 5.16 Å². The van der Waals surface area contributed by atoms with E-state index < -0.39 is 6.43 Å². The van der Waals surface area contributed by atoms with Gasteiger partial charge in [0.15, 0.2) is 6.10 Å². The first-order chi connectivity index (χ1) is 5.29. The molecule has 0 saturated carbocycles. The summed E-state index contributed by atoms with van der Waals surface area (Å²) in [5, 5.41) is 3.31. The SMILES string of the molecule is C.FC(F)C1=NO[C@@H]2COC[C@H]12. The van der Waals surface area contributed by atoms with Crippen molar-refractivity contribution in [1.82, 2.24) is 0 Å². The number of oxime groups is 1. The molecule has 12 heavy (non-hydrogen) atoms. The van der Waals surface area contributed by atoms with Crippen LogP contribution in [0.1, 0.15) is 7.43 Å². The predicted molar refractivity (Wildman–Crippen MR) is 39.4 cm³/mol. The highest BCUT2D eigenvalue weighted by molar-refractivity contribution is 5.91. The van der Waals surface area contributed by atoms with Crippen LogP contribution in [0.3, 0.4) is 0 Å². The molecule has 2 aliphatic rings. The topological polar surface area (TPSA) is 30.8 Å². The molecule has 0 bridgehead atoms. The molecule has 1 saturated heterocycles. The van der Waals surface area contributed by atoms with E-state index >= 15 is 0 Å². The van der Waals surface area contributed by atoms with E-state index in [-0.39, 0.29) is 25.2 Å². The molecule has 0 aromatic rings. The summed E-state index contributed by atoms with van der Waals surface area (Å²) in [7, 11) is 0. The van der Waals surface area contributed by atoms with Crippen molar-refractivity contribution in [1.29, 1.82) is 0 Å². The van der Waals surface area contributed by atoms with Gasteiger partial charge >= 0.3 is 0 Å². The maximum atomic E-state index is 12.1. The Balaban J connectivity index is 0.000000720. The highest BCUT2D eigenvalue weighted by Crippen LogP contribution is 2.27. The third kappa shape index (κ3) is 1.29. The van der Waals surface area contributed by atoms with Crippen LogP contribution in [0.15, 0.2) is 5.16 Å². The van der Waals surface area contributed by atoms with Crippen LogP contribution in [0.5, 0.6) is 0 Å². The van der Waals surface area contributed by atoms with Crippen LogP contribution in [0, 0.1) is 5.92 Å². The minimum Gasteiger partial charge on any atom is -0.389 e. The first-order valence-corrected chi connectivity index (χ1v) is 3.38. The Bertz CT molecular complexity index is 196. The van der Waals surface area contributed by atoms with Crippen molar-refractivity contribution in [3.05, 3.63) is 0 Å². The average Bonchev–Trinajstić information content (AvgIpc) is 2.41. The van der Waals surface area contributed by atoms with Gasteiger partial charge in [-0.15, -0.1) is 0 Å². The van der Waals surface area contributed by atoms with Crippen LogP contribution in [0.25, 0.3) is 0 Å². The van der Waals surface area contributed by atoms with E-state index in [1.54, 1.807) is 0 Å². The number of hydrogen-bond donors (Lipinski definition) is 0. The fourth-order valence-electron chi connectivity index (χ4n) is 1.31. The lowest BCUT2D eigenvalue weighted by Crippen LogP contribution is -2.25. The van der Waals surface area contributed by atoms with Crippen molar-refractivity contribution < 1.29 is 18.4 Å². The largest absolute Gasteiger partial charge is 0.389 e. The Morgan fingerprint density at radius 3 is 2.83 bits per heavy atom. The summed E-state index contributed by atoms with van der Waals surface area (Å²) in [4.78, 5) is 4.73. The second-order valence-corrected chi connectivity index (χ2v) is 2.60. The van der Waals surface area contributed by atoms with Crippen LogP contribution in [0.2, 0.25) is 0 Å². The molecule has 0 aromatic heterocycles. The van der Waals surface area contributed by atoms with E-state index in [1.165, 1.54) is 0 Å². The van der Waals surface area contributed by atoms with Gasteiger partial charge in [0.25, 0.3) is 6.43 Å². The Hall–Kier alpha value is -0.710. The number of halogens is 2. The molecule has 0 spiro atoms. The van der Waals surface area contributed by atoms with E-state index in [9.17, 15) is 8.78 Å². The van der Waals surface area contributed by atoms with Crippen LogP contribution in [-0.2, 0) is 9.57 Å². The highest BCUT2D eigenvalue weighted by atomic mass is 19.3. The second-order valence-electron chi connectivity index (χ2n) is 2.60. The molecule has 2 rings (SSSR count). The molecule has 70 valence electrons. The summed E-state index contributed by atoms with van der Waals surface area (Å²) in [6, 6.07) is 0. The first-order valence-electron chi connectivity index (χ1n) is 3.38. The van der Waals surface area contributed by atoms with Gasteiger partial charge in [0, 0.05) is 0 Å². The Labute approximate surface area is 69.3 Å². The molecular formula is C7H11F2NO2. The summed E-state index contributed by atoms with van der Waals surface area (Å²) < 4.78 is 29.2. The van der Waals surface area contributed by atoms with Crippen LogP contribution in [0.4, 0.5) is 8.78 Å². The lowest BCUT2D eigenvalue weighted by Gasteiger charge is -2.04. The molecule has 1 fully saturated rings. The first kappa shape index (κ1) is 9.38. The van der Waals surface area contributed by atoms with E-state index in [0.29, 0.717) is 13.2 Å². The Morgan fingerprint density at radius 2 is 2.17 bits per heavy atom. The summed E-state index contributed by atoms with van der Waals surface area (Å²) in [5.74, 6) is -0.310. The van der Waals surface area contributed by atoms with Crippen molar-refractivity contribution in [3.8, 4) is 0 Å². The standard InChI is InChI=1S/C6H7F2NO2.CH4/c7-6(8)5-3-1-10-2-4(3)11-9-5;/h3-4,6H,1-2H2;1H4/t3-,4+;/m0./s1. The van der Waals surface area contributed by atoms with Crippen molar-refractivity contribution in [2.75, 3.05) is 13.2 Å². The quantitative estimate of drug-likeness (QED) is 0.607. The molecule has 0 amide bonds. The summed E-state index contributed by atoms with van der Waals surface area (Å²) in [6.07, 6.45) is -2.77. The Kier molecular flexibility index (Phi) is 2.62. The fourth-order valence-corrected chi connectivity index (χ4v) is 1.31. The zero-order valence-electron chi connectivity index (χ0n) is 5.67. The predicted octanol–water partition coefficient (Wildman–Crippen LogP) is 1.29. The maximum absolute atomic E-state index is 12.1. The van der Waals surface area contributed by atoms with E-state index in [1.807, 2.05) is 0 Å². The Morgan fingerprint density at radius 1 is 1.42 bits per heavy atom. The fraction of sp³-hybridized carbons (Fsp3) is 0.857. The zero-order chi connectivity index (χ0) is 7.84. The van der Waals surface area contributed by atoms with Gasteiger partial charge in [0.05, 0.1) is 19.1 Å². The zero-order valence-corrected chi connectivity index (χ0v) is 5.67. The van der Waals surface area contributed by atoms with Crippen LogP contribution < -0.4 is 0 Å². The molecule has 0 radical (unpaired) electrons. The van der Waals surface area contributed by atoms with E-state index in [0.717, 1.165) is 0 Å². The van der Waals surface area contributed by atoms with Crippen LogP contribution in [-0.4, -0.2) is 31.5 Å². The van der Waals surface area contributed by atoms with Gasteiger partial charge in [-0.25, -0.2) is 8.78 Å². The molecule has 2 atom stereocenters. The van der Waals surface area contributed by atoms with Gasteiger partial charge in [-0.1, -0.05) is 12.6 Å². The van der Waals surface area contributed by atoms with Gasteiger partial charge in [-0.3, -0.25) is 0 Å². The monoisotopic (exact) mass is 179 g/mol. The molecule has 0 N–H and O–H groups in total. The van der Waals surface area contributed by atoms with Crippen molar-refractivity contribution in [2.24, 2.45) is 11.1 Å². The summed E-state index contributed by atoms with van der Waals surface area (Å²) >= 11 is 0. The molecule has 0 aliphatic carbocycles. The van der Waals surface area contributed by atoms with Gasteiger partial charge in [-0.05, 0) is 0 Å². The normalized spacial score (nSPS) is 32.4. The van der Waals surface area contributed by atoms with Crippen molar-refractivity contribution >= 4 is 5.71 Å². The van der Waals surface area contributed by atoms with Crippen molar-refractivity contribution in [3.63, 3.8) is 0 Å². The summed E-state index contributed by atoms with van der Waals surface area (Å²) in [6.45, 7) is 0.693. The average molecular weight is 179 g/mol. The number of fused-ring (bicyclic) bond motifs is 1. The minimum absolute atomic E-state index is 0. The lowest BCUT2D eigenvalue weighted by molar-refractivity contribution is 0.0554. The number of alkyl halides is 2. The molecule has 3 nitrogen and oxygen atoms in total. The highest BCUT2D eigenvalue weighted by Gasteiger charge is 2.42. The maximum Gasteiger partial charge on any atom is 0.280 e. The summed E-state index contributed by atoms with van der Waals surface area (Å²) in [5.41, 5.74) is -0.160. The third-order valence-electron chi connectivity index (χ3n) is 1.93. The minimum atomic E-state index is -2.51. The molecule has 0 aromatic carbocycles. The lowest BCUT2D eigenvalue weighted by atomic mass is 10.0.